The molecule has 0 bridgehead atoms. The number of hydrogen-bond acceptors (Lipinski definition) is 2. The van der Waals surface area contributed by atoms with E-state index in [0.29, 0.717) is 41.7 Å². The van der Waals surface area contributed by atoms with Crippen molar-refractivity contribution in [2.75, 3.05) is 0 Å². The number of unbranched alkanes of at least 4 members (excludes halogenated alkanes) is 1. The average Bonchev–Trinajstić information content (AvgIpc) is 3.01. The van der Waals surface area contributed by atoms with Gasteiger partial charge >= 0.3 is 12.5 Å². The van der Waals surface area contributed by atoms with Crippen LogP contribution in [0.2, 0.25) is 0 Å². The Bertz CT molecular complexity index is 1660. The molecule has 0 aliphatic heterocycles. The Morgan fingerprint density at radius 2 is 1.21 bits per heavy atom. The van der Waals surface area contributed by atoms with Gasteiger partial charge in [-0.15, -0.1) is 13.2 Å². The zero-order valence-corrected chi connectivity index (χ0v) is 25.4. The highest BCUT2D eigenvalue weighted by atomic mass is 19.4. The van der Waals surface area contributed by atoms with E-state index < -0.39 is 47.0 Å². The number of rotatable bonds is 10. The Labute approximate surface area is 267 Å². The van der Waals surface area contributed by atoms with Gasteiger partial charge in [-0.1, -0.05) is 61.9 Å². The summed E-state index contributed by atoms with van der Waals surface area (Å²) in [6.45, 7) is 2.16. The van der Waals surface area contributed by atoms with Crippen molar-refractivity contribution >= 4 is 0 Å². The lowest BCUT2D eigenvalue weighted by Crippen LogP contribution is -2.25. The number of allylic oxidation sites excluding steroid dienone is 2. The van der Waals surface area contributed by atoms with Crippen molar-refractivity contribution in [3.05, 3.63) is 120 Å². The predicted molar refractivity (Wildman–Crippen MR) is 164 cm³/mol. The van der Waals surface area contributed by atoms with Crippen LogP contribution < -0.4 is 9.47 Å². The standard InChI is InChI=1S/C37H32F8O2/c1-2-3-4-5-23-6-8-24(9-7-23)25-10-12-26(13-11-25)27-14-19-31(32(38)20-27)28-21-33(39)35(34(40)22-28)36(41,42)46-29-15-17-30(18-16-29)47-37(43,44)45/h4-5,10-24H,2-3,6-9H2,1H3/b5-4+. The van der Waals surface area contributed by atoms with Gasteiger partial charge in [0.15, 0.2) is 0 Å². The van der Waals surface area contributed by atoms with Gasteiger partial charge in [0.25, 0.3) is 0 Å². The Morgan fingerprint density at radius 1 is 0.660 bits per heavy atom. The molecule has 4 aromatic carbocycles. The second-order valence-corrected chi connectivity index (χ2v) is 11.6. The highest BCUT2D eigenvalue weighted by Crippen LogP contribution is 2.40. The van der Waals surface area contributed by atoms with Gasteiger partial charge in [-0.2, -0.15) is 8.78 Å². The zero-order valence-electron chi connectivity index (χ0n) is 25.4. The summed E-state index contributed by atoms with van der Waals surface area (Å²) in [5, 5.41) is 0. The molecule has 0 unspecified atom stereocenters. The maximum absolute atomic E-state index is 15.3. The van der Waals surface area contributed by atoms with Gasteiger partial charge in [0.05, 0.1) is 0 Å². The van der Waals surface area contributed by atoms with Gasteiger partial charge in [-0.3, -0.25) is 0 Å². The van der Waals surface area contributed by atoms with Gasteiger partial charge in [-0.25, -0.2) is 13.2 Å². The number of hydrogen-bond donors (Lipinski definition) is 0. The quantitative estimate of drug-likeness (QED) is 0.125. The van der Waals surface area contributed by atoms with Crippen LogP contribution >= 0.6 is 0 Å². The molecular weight excluding hydrogens is 628 g/mol. The van der Waals surface area contributed by atoms with Crippen molar-refractivity contribution in [2.24, 2.45) is 5.92 Å². The summed E-state index contributed by atoms with van der Waals surface area (Å²) in [6.07, 6.45) is 1.79. The molecule has 1 aliphatic carbocycles. The van der Waals surface area contributed by atoms with Gasteiger partial charge in [0, 0.05) is 5.56 Å². The molecule has 4 aromatic rings. The smallest absolute Gasteiger partial charge is 0.429 e. The van der Waals surface area contributed by atoms with E-state index in [1.807, 2.05) is 24.3 Å². The largest absolute Gasteiger partial charge is 0.573 e. The minimum atomic E-state index is -5.00. The monoisotopic (exact) mass is 660 g/mol. The molecule has 248 valence electrons. The summed E-state index contributed by atoms with van der Waals surface area (Å²) in [5.41, 5.74) is 0.248. The maximum Gasteiger partial charge on any atom is 0.573 e. The minimum absolute atomic E-state index is 0.205. The zero-order chi connectivity index (χ0) is 33.8. The molecular formula is C37H32F8O2. The first kappa shape index (κ1) is 34.0. The Balaban J connectivity index is 1.27. The molecule has 0 atom stereocenters. The molecule has 0 spiro atoms. The first-order valence-corrected chi connectivity index (χ1v) is 15.3. The molecule has 0 radical (unpaired) electrons. The lowest BCUT2D eigenvalue weighted by atomic mass is 9.78. The number of benzene rings is 4. The second kappa shape index (κ2) is 14.2. The molecule has 0 aromatic heterocycles. The lowest BCUT2D eigenvalue weighted by Gasteiger charge is -2.27. The van der Waals surface area contributed by atoms with Gasteiger partial charge in [-0.05, 0) is 109 Å². The van der Waals surface area contributed by atoms with Crippen molar-refractivity contribution < 1.29 is 44.6 Å². The van der Waals surface area contributed by atoms with Crippen molar-refractivity contribution in [1.29, 1.82) is 0 Å². The molecule has 10 heteroatoms. The average molecular weight is 661 g/mol. The first-order chi connectivity index (χ1) is 22.3. The Hall–Kier alpha value is -4.34. The van der Waals surface area contributed by atoms with E-state index in [1.165, 1.54) is 17.7 Å². The Kier molecular flexibility index (Phi) is 10.3. The minimum Gasteiger partial charge on any atom is -0.429 e. The number of ether oxygens (including phenoxy) is 2. The summed E-state index contributed by atoms with van der Waals surface area (Å²) >= 11 is 0. The summed E-state index contributed by atoms with van der Waals surface area (Å²) in [4.78, 5) is 0. The molecule has 0 amide bonds. The normalized spacial score (nSPS) is 17.2. The van der Waals surface area contributed by atoms with E-state index in [0.717, 1.165) is 56.2 Å². The van der Waals surface area contributed by atoms with E-state index in [1.54, 1.807) is 6.07 Å². The topological polar surface area (TPSA) is 18.5 Å². The second-order valence-electron chi connectivity index (χ2n) is 11.6. The van der Waals surface area contributed by atoms with Gasteiger partial charge in [0.2, 0.25) is 0 Å². The van der Waals surface area contributed by atoms with Crippen molar-refractivity contribution in [2.45, 2.75) is 63.8 Å². The molecule has 0 saturated heterocycles. The van der Waals surface area contributed by atoms with E-state index in [2.05, 4.69) is 28.5 Å². The van der Waals surface area contributed by atoms with Crippen LogP contribution in [-0.4, -0.2) is 6.36 Å². The molecule has 2 nitrogen and oxygen atoms in total. The molecule has 0 heterocycles. The maximum atomic E-state index is 15.3. The SMILES string of the molecule is CCC/C=C/C1CCC(c2ccc(-c3ccc(-c4cc(F)c(C(F)(F)Oc5ccc(OC(F)(F)F)cc5)c(F)c4)c(F)c3)cc2)CC1. The van der Waals surface area contributed by atoms with Crippen LogP contribution in [0.15, 0.2) is 91.0 Å². The fourth-order valence-corrected chi connectivity index (χ4v) is 5.89. The van der Waals surface area contributed by atoms with Gasteiger partial charge < -0.3 is 9.47 Å². The molecule has 0 N–H and O–H groups in total. The van der Waals surface area contributed by atoms with Crippen LogP contribution in [0.1, 0.15) is 62.5 Å². The third-order valence-corrected chi connectivity index (χ3v) is 8.27. The van der Waals surface area contributed by atoms with E-state index >= 15 is 4.39 Å². The fraction of sp³-hybridized carbons (Fsp3) is 0.297. The van der Waals surface area contributed by atoms with Crippen LogP contribution in [-0.2, 0) is 6.11 Å². The highest BCUT2D eigenvalue weighted by Gasteiger charge is 2.41. The third-order valence-electron chi connectivity index (χ3n) is 8.27. The summed E-state index contributed by atoms with van der Waals surface area (Å²) in [5.74, 6) is -4.51. The molecule has 1 fully saturated rings. The number of alkyl halides is 5. The lowest BCUT2D eigenvalue weighted by molar-refractivity contribution is -0.274. The predicted octanol–water partition coefficient (Wildman–Crippen LogP) is 12.1. The summed E-state index contributed by atoms with van der Waals surface area (Å²) in [6, 6.07) is 16.0. The summed E-state index contributed by atoms with van der Waals surface area (Å²) in [7, 11) is 0. The van der Waals surface area contributed by atoms with Gasteiger partial charge in [0.1, 0.15) is 34.5 Å². The van der Waals surface area contributed by atoms with Crippen LogP contribution in [0.3, 0.4) is 0 Å². The first-order valence-electron chi connectivity index (χ1n) is 15.3. The van der Waals surface area contributed by atoms with Crippen LogP contribution in [0.25, 0.3) is 22.3 Å². The molecule has 47 heavy (non-hydrogen) atoms. The van der Waals surface area contributed by atoms with Crippen LogP contribution in [0.4, 0.5) is 35.1 Å². The van der Waals surface area contributed by atoms with Crippen molar-refractivity contribution in [3.8, 4) is 33.8 Å². The summed E-state index contributed by atoms with van der Waals surface area (Å²) < 4.78 is 120. The molecule has 1 aliphatic rings. The highest BCUT2D eigenvalue weighted by molar-refractivity contribution is 5.71. The van der Waals surface area contributed by atoms with Crippen molar-refractivity contribution in [3.63, 3.8) is 0 Å². The number of halogens is 8. The molecule has 1 saturated carbocycles. The van der Waals surface area contributed by atoms with Crippen LogP contribution in [0.5, 0.6) is 11.5 Å². The fourth-order valence-electron chi connectivity index (χ4n) is 5.89. The molecule has 5 rings (SSSR count). The van der Waals surface area contributed by atoms with E-state index in [-0.39, 0.29) is 11.1 Å². The van der Waals surface area contributed by atoms with E-state index in [9.17, 15) is 30.7 Å². The van der Waals surface area contributed by atoms with E-state index in [4.69, 9.17) is 0 Å². The van der Waals surface area contributed by atoms with Crippen LogP contribution in [0, 0.1) is 23.4 Å². The Morgan fingerprint density at radius 3 is 1.77 bits per heavy atom. The van der Waals surface area contributed by atoms with Crippen molar-refractivity contribution in [1.82, 2.24) is 0 Å². The third kappa shape index (κ3) is 8.53.